The first kappa shape index (κ1) is 14.8. The fourth-order valence-corrected chi connectivity index (χ4v) is 1.94. The van der Waals surface area contributed by atoms with E-state index < -0.39 is 11.8 Å². The van der Waals surface area contributed by atoms with Crippen LogP contribution in [0.1, 0.15) is 21.5 Å². The topological polar surface area (TPSA) is 76.1 Å². The zero-order valence-electron chi connectivity index (χ0n) is 10.8. The number of nitrogens with zero attached hydrogens (tertiary/aromatic N) is 1. The summed E-state index contributed by atoms with van der Waals surface area (Å²) in [5.41, 5.74) is 6.57. The van der Waals surface area contributed by atoms with Crippen LogP contribution >= 0.6 is 11.6 Å². The number of nitrogens with two attached hydrogens (primary N) is 1. The quantitative estimate of drug-likeness (QED) is 0.697. The van der Waals surface area contributed by atoms with Crippen LogP contribution in [0.25, 0.3) is 0 Å². The normalized spacial score (nSPS) is 9.95. The average Bonchev–Trinajstić information content (AvgIpc) is 2.46. The van der Waals surface area contributed by atoms with Crippen LogP contribution in [-0.2, 0) is 11.3 Å². The van der Waals surface area contributed by atoms with Crippen molar-refractivity contribution < 1.29 is 13.9 Å². The maximum atomic E-state index is 13.2. The van der Waals surface area contributed by atoms with Crippen molar-refractivity contribution in [2.45, 2.75) is 6.61 Å². The summed E-state index contributed by atoms with van der Waals surface area (Å²) in [6, 6.07) is 10.1. The minimum atomic E-state index is -0.622. The van der Waals surface area contributed by atoms with Gasteiger partial charge < -0.3 is 10.5 Å². The summed E-state index contributed by atoms with van der Waals surface area (Å²) in [4.78, 5) is 11.9. The maximum Gasteiger partial charge on any atom is 0.339 e. The van der Waals surface area contributed by atoms with Gasteiger partial charge in [-0.05, 0) is 35.9 Å². The van der Waals surface area contributed by atoms with E-state index in [4.69, 9.17) is 27.3 Å². The summed E-state index contributed by atoms with van der Waals surface area (Å²) < 4.78 is 18.2. The van der Waals surface area contributed by atoms with Crippen LogP contribution < -0.4 is 5.73 Å². The van der Waals surface area contributed by atoms with Gasteiger partial charge in [0, 0.05) is 5.69 Å². The molecule has 0 aliphatic rings. The fourth-order valence-electron chi connectivity index (χ4n) is 1.67. The summed E-state index contributed by atoms with van der Waals surface area (Å²) in [6.07, 6.45) is 0. The summed E-state index contributed by atoms with van der Waals surface area (Å²) >= 11 is 5.90. The number of nitrogen functional groups attached to an aromatic ring is 1. The molecule has 2 rings (SSSR count). The Kier molecular flexibility index (Phi) is 4.41. The van der Waals surface area contributed by atoms with E-state index in [-0.39, 0.29) is 22.8 Å². The Bertz CT molecular complexity index is 741. The lowest BCUT2D eigenvalue weighted by molar-refractivity contribution is 0.0473. The van der Waals surface area contributed by atoms with Crippen LogP contribution in [-0.4, -0.2) is 5.97 Å². The van der Waals surface area contributed by atoms with E-state index in [1.807, 2.05) is 0 Å². The zero-order valence-corrected chi connectivity index (χ0v) is 11.5. The molecule has 0 amide bonds. The first-order valence-electron chi connectivity index (χ1n) is 5.92. The van der Waals surface area contributed by atoms with Gasteiger partial charge in [0.25, 0.3) is 0 Å². The smallest absolute Gasteiger partial charge is 0.339 e. The summed E-state index contributed by atoms with van der Waals surface area (Å²) in [5, 5.41) is 8.93. The SMILES string of the molecule is N#Cc1cc(COC(=O)c2ccc(N)cc2Cl)ccc1F. The molecule has 4 nitrogen and oxygen atoms in total. The van der Waals surface area contributed by atoms with Crippen LogP contribution in [0.5, 0.6) is 0 Å². The van der Waals surface area contributed by atoms with E-state index in [1.54, 1.807) is 6.07 Å². The molecular weight excluding hydrogens is 295 g/mol. The zero-order chi connectivity index (χ0) is 15.4. The second kappa shape index (κ2) is 6.25. The predicted molar refractivity (Wildman–Crippen MR) is 76.1 cm³/mol. The minimum absolute atomic E-state index is 0.0888. The number of esters is 1. The fraction of sp³-hybridized carbons (Fsp3) is 0.0667. The molecule has 2 N–H and O–H groups in total. The lowest BCUT2D eigenvalue weighted by Crippen LogP contribution is -2.06. The Labute approximate surface area is 125 Å². The van der Waals surface area contributed by atoms with Gasteiger partial charge in [-0.1, -0.05) is 17.7 Å². The molecule has 0 atom stereocenters. The number of carbonyl (C=O) groups excluding carboxylic acids is 1. The molecule has 0 bridgehead atoms. The van der Waals surface area contributed by atoms with Gasteiger partial charge in [0.1, 0.15) is 18.5 Å². The number of halogens is 2. The van der Waals surface area contributed by atoms with Crippen molar-refractivity contribution in [2.24, 2.45) is 0 Å². The molecule has 0 aromatic heterocycles. The lowest BCUT2D eigenvalue weighted by atomic mass is 10.1. The molecule has 0 aliphatic carbocycles. The number of anilines is 1. The van der Waals surface area contributed by atoms with Gasteiger partial charge in [0.05, 0.1) is 16.1 Å². The molecule has 2 aromatic carbocycles. The molecular formula is C15H10ClFN2O2. The molecule has 106 valence electrons. The molecule has 0 spiro atoms. The first-order valence-corrected chi connectivity index (χ1v) is 6.29. The third-order valence-electron chi connectivity index (χ3n) is 2.73. The van der Waals surface area contributed by atoms with E-state index in [0.717, 1.165) is 6.07 Å². The third kappa shape index (κ3) is 3.50. The third-order valence-corrected chi connectivity index (χ3v) is 3.05. The first-order chi connectivity index (χ1) is 10.0. The Balaban J connectivity index is 2.09. The Morgan fingerprint density at radius 3 is 2.76 bits per heavy atom. The number of hydrogen-bond donors (Lipinski definition) is 1. The number of hydrogen-bond acceptors (Lipinski definition) is 4. The Morgan fingerprint density at radius 1 is 1.33 bits per heavy atom. The van der Waals surface area contributed by atoms with Gasteiger partial charge in [0.15, 0.2) is 0 Å². The molecule has 0 unspecified atom stereocenters. The van der Waals surface area contributed by atoms with Crippen molar-refractivity contribution in [2.75, 3.05) is 5.73 Å². The van der Waals surface area contributed by atoms with Crippen molar-refractivity contribution in [3.8, 4) is 6.07 Å². The van der Waals surface area contributed by atoms with Crippen LogP contribution in [0.3, 0.4) is 0 Å². The highest BCUT2D eigenvalue weighted by Gasteiger charge is 2.12. The van der Waals surface area contributed by atoms with Gasteiger partial charge >= 0.3 is 5.97 Å². The minimum Gasteiger partial charge on any atom is -0.457 e. The van der Waals surface area contributed by atoms with Crippen molar-refractivity contribution in [1.82, 2.24) is 0 Å². The molecule has 6 heteroatoms. The monoisotopic (exact) mass is 304 g/mol. The maximum absolute atomic E-state index is 13.2. The summed E-state index contributed by atoms with van der Waals surface area (Å²) in [7, 11) is 0. The second-order valence-electron chi connectivity index (χ2n) is 4.24. The standard InChI is InChI=1S/C15H10ClFN2O2/c16-13-6-11(19)2-3-12(13)15(20)21-8-9-1-4-14(17)10(5-9)7-18/h1-6H,8,19H2. The summed E-state index contributed by atoms with van der Waals surface area (Å²) in [5.74, 6) is -1.24. The van der Waals surface area contributed by atoms with Crippen LogP contribution in [0, 0.1) is 17.1 Å². The molecule has 0 heterocycles. The molecule has 0 saturated carbocycles. The molecule has 0 fully saturated rings. The van der Waals surface area contributed by atoms with Crippen LogP contribution in [0.2, 0.25) is 5.02 Å². The van der Waals surface area contributed by atoms with Crippen molar-refractivity contribution >= 4 is 23.3 Å². The van der Waals surface area contributed by atoms with E-state index in [0.29, 0.717) is 11.3 Å². The molecule has 21 heavy (non-hydrogen) atoms. The molecule has 0 aliphatic heterocycles. The van der Waals surface area contributed by atoms with Crippen molar-refractivity contribution in [3.63, 3.8) is 0 Å². The predicted octanol–water partition coefficient (Wildman–Crippen LogP) is 3.29. The average molecular weight is 305 g/mol. The lowest BCUT2D eigenvalue weighted by Gasteiger charge is -2.07. The van der Waals surface area contributed by atoms with Gasteiger partial charge in [-0.2, -0.15) is 5.26 Å². The number of ether oxygens (including phenoxy) is 1. The van der Waals surface area contributed by atoms with Gasteiger partial charge in [-0.3, -0.25) is 0 Å². The van der Waals surface area contributed by atoms with E-state index in [9.17, 15) is 9.18 Å². The number of rotatable bonds is 3. The molecule has 2 aromatic rings. The number of benzene rings is 2. The molecule has 0 saturated heterocycles. The largest absolute Gasteiger partial charge is 0.457 e. The van der Waals surface area contributed by atoms with E-state index in [2.05, 4.69) is 0 Å². The van der Waals surface area contributed by atoms with Crippen molar-refractivity contribution in [1.29, 1.82) is 5.26 Å². The van der Waals surface area contributed by atoms with E-state index in [1.165, 1.54) is 30.3 Å². The highest BCUT2D eigenvalue weighted by molar-refractivity contribution is 6.33. The van der Waals surface area contributed by atoms with Crippen molar-refractivity contribution in [3.05, 3.63) is 63.9 Å². The second-order valence-corrected chi connectivity index (χ2v) is 4.65. The number of carbonyl (C=O) groups is 1. The molecule has 0 radical (unpaired) electrons. The Hall–Kier alpha value is -2.58. The highest BCUT2D eigenvalue weighted by Crippen LogP contribution is 2.20. The van der Waals surface area contributed by atoms with E-state index >= 15 is 0 Å². The van der Waals surface area contributed by atoms with Gasteiger partial charge in [-0.25, -0.2) is 9.18 Å². The van der Waals surface area contributed by atoms with Gasteiger partial charge in [0.2, 0.25) is 0 Å². The van der Waals surface area contributed by atoms with Gasteiger partial charge in [-0.15, -0.1) is 0 Å². The highest BCUT2D eigenvalue weighted by atomic mass is 35.5. The van der Waals surface area contributed by atoms with Crippen LogP contribution in [0.4, 0.5) is 10.1 Å². The Morgan fingerprint density at radius 2 is 2.10 bits per heavy atom. The van der Waals surface area contributed by atoms with Crippen LogP contribution in [0.15, 0.2) is 36.4 Å². The number of nitriles is 1. The summed E-state index contributed by atoms with van der Waals surface area (Å²) in [6.45, 7) is -0.0888.